The molecule has 2 aliphatic carbocycles. The van der Waals surface area contributed by atoms with Crippen molar-refractivity contribution in [3.8, 4) is 0 Å². The summed E-state index contributed by atoms with van der Waals surface area (Å²) in [5.41, 5.74) is 4.47. The second-order valence-corrected chi connectivity index (χ2v) is 4.14. The van der Waals surface area contributed by atoms with E-state index in [0.29, 0.717) is 0 Å². The minimum atomic E-state index is 0.853. The lowest BCUT2D eigenvalue weighted by atomic mass is 9.84. The van der Waals surface area contributed by atoms with Gasteiger partial charge >= 0.3 is 0 Å². The van der Waals surface area contributed by atoms with Crippen molar-refractivity contribution >= 4 is 0 Å². The van der Waals surface area contributed by atoms with Crippen LogP contribution in [-0.4, -0.2) is 0 Å². The molecular formula is C11H16. The lowest BCUT2D eigenvalue weighted by molar-refractivity contribution is 0.378. The van der Waals surface area contributed by atoms with E-state index in [0.717, 1.165) is 17.8 Å². The Morgan fingerprint density at radius 2 is 2.18 bits per heavy atom. The van der Waals surface area contributed by atoms with Gasteiger partial charge in [0.25, 0.3) is 0 Å². The highest BCUT2D eigenvalue weighted by atomic mass is 14.4. The zero-order valence-corrected chi connectivity index (χ0v) is 7.27. The normalized spacial score (nSPS) is 40.6. The molecule has 0 amide bonds. The summed E-state index contributed by atoms with van der Waals surface area (Å²) in [6.07, 6.45) is 5.88. The van der Waals surface area contributed by atoms with Crippen LogP contribution >= 0.6 is 0 Å². The lowest BCUT2D eigenvalue weighted by Gasteiger charge is -2.20. The van der Waals surface area contributed by atoms with Gasteiger partial charge in [0.1, 0.15) is 0 Å². The molecule has 0 nitrogen and oxygen atoms in total. The number of hydrogen-bond acceptors (Lipinski definition) is 0. The topological polar surface area (TPSA) is 0 Å². The molecule has 2 aliphatic rings. The Bertz CT molecular complexity index is 208. The molecule has 11 heavy (non-hydrogen) atoms. The van der Waals surface area contributed by atoms with E-state index >= 15 is 0 Å². The fourth-order valence-corrected chi connectivity index (χ4v) is 2.91. The van der Waals surface area contributed by atoms with Gasteiger partial charge in [-0.25, -0.2) is 0 Å². The summed E-state index contributed by atoms with van der Waals surface area (Å²) in [6, 6.07) is 0. The van der Waals surface area contributed by atoms with Crippen LogP contribution in [0.15, 0.2) is 17.9 Å². The van der Waals surface area contributed by atoms with Crippen LogP contribution < -0.4 is 0 Å². The molecule has 0 aromatic carbocycles. The molecule has 0 heterocycles. The molecule has 2 saturated carbocycles. The van der Waals surface area contributed by atoms with Crippen LogP contribution in [0.2, 0.25) is 0 Å². The Morgan fingerprint density at radius 3 is 2.64 bits per heavy atom. The lowest BCUT2D eigenvalue weighted by Crippen LogP contribution is -2.10. The van der Waals surface area contributed by atoms with E-state index in [1.165, 1.54) is 31.3 Å². The van der Waals surface area contributed by atoms with Gasteiger partial charge in [0.15, 0.2) is 0 Å². The highest BCUT2D eigenvalue weighted by molar-refractivity contribution is 5.08. The van der Waals surface area contributed by atoms with Gasteiger partial charge in [0, 0.05) is 0 Å². The Hall–Kier alpha value is -0.480. The summed E-state index contributed by atoms with van der Waals surface area (Å²) in [4.78, 5) is 0. The van der Waals surface area contributed by atoms with E-state index in [-0.39, 0.29) is 0 Å². The van der Waals surface area contributed by atoms with Gasteiger partial charge in [0.2, 0.25) is 0 Å². The third-order valence-corrected chi connectivity index (χ3v) is 3.57. The summed E-state index contributed by atoms with van der Waals surface area (Å²) in [7, 11) is 0. The third kappa shape index (κ3) is 1.06. The predicted octanol–water partition coefficient (Wildman–Crippen LogP) is 3.15. The third-order valence-electron chi connectivity index (χ3n) is 3.57. The summed E-state index contributed by atoms with van der Waals surface area (Å²) < 4.78 is 0. The number of allylic oxidation sites excluding steroid dienone is 1. The molecule has 0 aromatic heterocycles. The molecule has 3 atom stereocenters. The second-order valence-electron chi connectivity index (χ2n) is 4.14. The smallest absolute Gasteiger partial charge is 0.00990 e. The van der Waals surface area contributed by atoms with Gasteiger partial charge in [-0.2, -0.15) is 0 Å². The van der Waals surface area contributed by atoms with Gasteiger partial charge in [0.05, 0.1) is 0 Å². The van der Waals surface area contributed by atoms with Crippen LogP contribution in [0.4, 0.5) is 0 Å². The van der Waals surface area contributed by atoms with E-state index in [9.17, 15) is 0 Å². The van der Waals surface area contributed by atoms with Crippen molar-refractivity contribution in [1.82, 2.24) is 0 Å². The molecule has 2 rings (SSSR count). The zero-order chi connectivity index (χ0) is 7.84. The minimum Gasteiger partial charge on any atom is -0.130 e. The van der Waals surface area contributed by atoms with Crippen molar-refractivity contribution in [3.63, 3.8) is 0 Å². The predicted molar refractivity (Wildman–Crippen MR) is 47.3 cm³/mol. The van der Waals surface area contributed by atoms with Gasteiger partial charge < -0.3 is 0 Å². The largest absolute Gasteiger partial charge is 0.130 e. The molecular weight excluding hydrogens is 132 g/mol. The van der Waals surface area contributed by atoms with E-state index < -0.39 is 0 Å². The van der Waals surface area contributed by atoms with Crippen LogP contribution in [0, 0.1) is 17.8 Å². The van der Waals surface area contributed by atoms with Crippen LogP contribution in [0.3, 0.4) is 0 Å². The SMILES string of the molecule is C=C=C(C)C1CC2CCC1C2. The van der Waals surface area contributed by atoms with Gasteiger partial charge in [-0.3, -0.25) is 0 Å². The molecule has 0 saturated heterocycles. The van der Waals surface area contributed by atoms with Crippen molar-refractivity contribution < 1.29 is 0 Å². The quantitative estimate of drug-likeness (QED) is 0.501. The van der Waals surface area contributed by atoms with Crippen LogP contribution in [-0.2, 0) is 0 Å². The average molecular weight is 148 g/mol. The average Bonchev–Trinajstić information content (AvgIpc) is 2.62. The van der Waals surface area contributed by atoms with E-state index in [1.54, 1.807) is 0 Å². The molecule has 0 radical (unpaired) electrons. The first-order valence-electron chi connectivity index (χ1n) is 4.68. The van der Waals surface area contributed by atoms with Gasteiger partial charge in [-0.15, -0.1) is 5.73 Å². The fraction of sp³-hybridized carbons (Fsp3) is 0.727. The number of hydrogen-bond donors (Lipinski definition) is 0. The number of rotatable bonds is 1. The number of fused-ring (bicyclic) bond motifs is 2. The second kappa shape index (κ2) is 2.53. The summed E-state index contributed by atoms with van der Waals surface area (Å²) in [6.45, 7) is 5.92. The Balaban J connectivity index is 2.13. The van der Waals surface area contributed by atoms with E-state index in [4.69, 9.17) is 0 Å². The Morgan fingerprint density at radius 1 is 1.36 bits per heavy atom. The fourth-order valence-electron chi connectivity index (χ4n) is 2.91. The molecule has 60 valence electrons. The maximum atomic E-state index is 3.73. The molecule has 0 aromatic rings. The summed E-state index contributed by atoms with van der Waals surface area (Å²) in [5, 5.41) is 0. The summed E-state index contributed by atoms with van der Waals surface area (Å²) >= 11 is 0. The first-order valence-corrected chi connectivity index (χ1v) is 4.68. The van der Waals surface area contributed by atoms with Gasteiger partial charge in [-0.05, 0) is 49.5 Å². The maximum absolute atomic E-state index is 3.73. The molecule has 0 heteroatoms. The molecule has 0 aliphatic heterocycles. The monoisotopic (exact) mass is 148 g/mol. The highest BCUT2D eigenvalue weighted by Gasteiger charge is 2.39. The van der Waals surface area contributed by atoms with Crippen LogP contribution in [0.1, 0.15) is 32.6 Å². The minimum absolute atomic E-state index is 0.853. The molecule has 3 unspecified atom stereocenters. The van der Waals surface area contributed by atoms with Crippen molar-refractivity contribution in [2.75, 3.05) is 0 Å². The van der Waals surface area contributed by atoms with Crippen molar-refractivity contribution in [1.29, 1.82) is 0 Å². The Kier molecular flexibility index (Phi) is 1.65. The Labute approximate surface area is 69.0 Å². The van der Waals surface area contributed by atoms with Crippen LogP contribution in [0.25, 0.3) is 0 Å². The summed E-state index contributed by atoms with van der Waals surface area (Å²) in [5.74, 6) is 2.90. The highest BCUT2D eigenvalue weighted by Crippen LogP contribution is 2.50. The molecule has 2 fully saturated rings. The zero-order valence-electron chi connectivity index (χ0n) is 7.27. The van der Waals surface area contributed by atoms with E-state index in [2.05, 4.69) is 19.2 Å². The van der Waals surface area contributed by atoms with Crippen molar-refractivity contribution in [2.24, 2.45) is 17.8 Å². The van der Waals surface area contributed by atoms with Gasteiger partial charge in [-0.1, -0.05) is 13.0 Å². The molecule has 0 N–H and O–H groups in total. The van der Waals surface area contributed by atoms with Crippen molar-refractivity contribution in [3.05, 3.63) is 17.9 Å². The standard InChI is InChI=1S/C11H16/c1-3-8(2)11-7-9-4-5-10(11)6-9/h9-11H,1,4-7H2,2H3. The first kappa shape index (κ1) is 7.18. The maximum Gasteiger partial charge on any atom is -0.00990 e. The molecule has 0 spiro atoms. The van der Waals surface area contributed by atoms with Crippen LogP contribution in [0.5, 0.6) is 0 Å². The first-order chi connectivity index (χ1) is 5.31. The molecule has 2 bridgehead atoms. The van der Waals surface area contributed by atoms with E-state index in [1.807, 2.05) is 0 Å². The van der Waals surface area contributed by atoms with Crippen molar-refractivity contribution in [2.45, 2.75) is 32.6 Å².